The van der Waals surface area contributed by atoms with Crippen LogP contribution in [-0.4, -0.2) is 19.6 Å². The highest BCUT2D eigenvalue weighted by Gasteiger charge is 2.25. The van der Waals surface area contributed by atoms with Crippen molar-refractivity contribution < 1.29 is 9.53 Å². The van der Waals surface area contributed by atoms with Crippen molar-refractivity contribution in [1.82, 2.24) is 0 Å². The Balaban J connectivity index is 2.33. The highest BCUT2D eigenvalue weighted by molar-refractivity contribution is 5.95. The number of benzene rings is 1. The van der Waals surface area contributed by atoms with Crippen molar-refractivity contribution in [3.63, 3.8) is 0 Å². The SMILES string of the molecule is CCNc1ccc(C2CC2)cc1C(=O)OC. The Morgan fingerprint density at radius 2 is 2.25 bits per heavy atom. The summed E-state index contributed by atoms with van der Waals surface area (Å²) in [5.41, 5.74) is 2.76. The molecule has 16 heavy (non-hydrogen) atoms. The fourth-order valence-corrected chi connectivity index (χ4v) is 1.86. The summed E-state index contributed by atoms with van der Waals surface area (Å²) >= 11 is 0. The molecular formula is C13H17NO2. The van der Waals surface area contributed by atoms with Gasteiger partial charge in [-0.3, -0.25) is 0 Å². The summed E-state index contributed by atoms with van der Waals surface area (Å²) in [4.78, 5) is 11.6. The van der Waals surface area contributed by atoms with E-state index in [-0.39, 0.29) is 5.97 Å². The normalized spacial score (nSPS) is 14.6. The lowest BCUT2D eigenvalue weighted by molar-refractivity contribution is 0.0601. The molecule has 0 heterocycles. The molecule has 0 atom stereocenters. The summed E-state index contributed by atoms with van der Waals surface area (Å²) < 4.78 is 4.80. The van der Waals surface area contributed by atoms with Crippen molar-refractivity contribution in [3.8, 4) is 0 Å². The number of hydrogen-bond donors (Lipinski definition) is 1. The first-order valence-corrected chi connectivity index (χ1v) is 5.72. The van der Waals surface area contributed by atoms with E-state index in [1.165, 1.54) is 25.5 Å². The molecule has 0 aromatic heterocycles. The Morgan fingerprint density at radius 3 is 2.81 bits per heavy atom. The Morgan fingerprint density at radius 1 is 1.50 bits per heavy atom. The molecule has 2 rings (SSSR count). The number of methoxy groups -OCH3 is 1. The molecule has 1 aromatic carbocycles. The molecule has 86 valence electrons. The second kappa shape index (κ2) is 4.56. The first-order chi connectivity index (χ1) is 7.76. The van der Waals surface area contributed by atoms with Gasteiger partial charge in [-0.2, -0.15) is 0 Å². The van der Waals surface area contributed by atoms with Crippen LogP contribution in [0, 0.1) is 0 Å². The third-order valence-electron chi connectivity index (χ3n) is 2.86. The van der Waals surface area contributed by atoms with Crippen molar-refractivity contribution >= 4 is 11.7 Å². The van der Waals surface area contributed by atoms with Gasteiger partial charge in [0.05, 0.1) is 12.7 Å². The van der Waals surface area contributed by atoms with Gasteiger partial charge in [0.1, 0.15) is 0 Å². The van der Waals surface area contributed by atoms with Crippen molar-refractivity contribution in [2.75, 3.05) is 19.0 Å². The standard InChI is InChI=1S/C13H17NO2/c1-3-14-12-7-6-10(9-4-5-9)8-11(12)13(15)16-2/h6-9,14H,3-5H2,1-2H3. The van der Waals surface area contributed by atoms with Gasteiger partial charge in [0, 0.05) is 12.2 Å². The van der Waals surface area contributed by atoms with Gasteiger partial charge in [-0.25, -0.2) is 4.79 Å². The lowest BCUT2D eigenvalue weighted by Crippen LogP contribution is -2.08. The summed E-state index contributed by atoms with van der Waals surface area (Å²) in [5, 5.41) is 3.18. The van der Waals surface area contributed by atoms with Gasteiger partial charge < -0.3 is 10.1 Å². The van der Waals surface area contributed by atoms with Crippen LogP contribution >= 0.6 is 0 Å². The van der Waals surface area contributed by atoms with Gasteiger partial charge in [-0.1, -0.05) is 6.07 Å². The molecule has 1 aliphatic rings. The lowest BCUT2D eigenvalue weighted by Gasteiger charge is -2.10. The highest BCUT2D eigenvalue weighted by atomic mass is 16.5. The van der Waals surface area contributed by atoms with Crippen LogP contribution in [-0.2, 0) is 4.74 Å². The molecule has 0 amide bonds. The van der Waals surface area contributed by atoms with Crippen molar-refractivity contribution in [2.45, 2.75) is 25.7 Å². The number of esters is 1. The first-order valence-electron chi connectivity index (χ1n) is 5.72. The maximum atomic E-state index is 11.6. The highest BCUT2D eigenvalue weighted by Crippen LogP contribution is 2.41. The molecule has 0 bridgehead atoms. The Kier molecular flexibility index (Phi) is 3.13. The van der Waals surface area contributed by atoms with E-state index < -0.39 is 0 Å². The topological polar surface area (TPSA) is 38.3 Å². The molecule has 3 heteroatoms. The maximum Gasteiger partial charge on any atom is 0.339 e. The molecule has 1 aliphatic carbocycles. The average Bonchev–Trinajstić information content (AvgIpc) is 3.13. The van der Waals surface area contributed by atoms with Crippen LogP contribution < -0.4 is 5.32 Å². The van der Waals surface area contributed by atoms with Crippen molar-refractivity contribution in [2.24, 2.45) is 0 Å². The number of hydrogen-bond acceptors (Lipinski definition) is 3. The molecule has 1 aromatic rings. The zero-order valence-corrected chi connectivity index (χ0v) is 9.75. The van der Waals surface area contributed by atoms with Crippen LogP contribution in [0.5, 0.6) is 0 Å². The number of nitrogens with one attached hydrogen (secondary N) is 1. The van der Waals surface area contributed by atoms with Crippen molar-refractivity contribution in [3.05, 3.63) is 29.3 Å². The number of carbonyl (C=O) groups excluding carboxylic acids is 1. The quantitative estimate of drug-likeness (QED) is 0.791. The van der Waals surface area contributed by atoms with E-state index in [0.717, 1.165) is 12.2 Å². The number of carbonyl (C=O) groups is 1. The number of anilines is 1. The second-order valence-electron chi connectivity index (χ2n) is 4.10. The van der Waals surface area contributed by atoms with Crippen LogP contribution in [0.25, 0.3) is 0 Å². The molecule has 1 saturated carbocycles. The third kappa shape index (κ3) is 2.18. The van der Waals surface area contributed by atoms with E-state index in [2.05, 4.69) is 11.4 Å². The van der Waals surface area contributed by atoms with E-state index in [1.807, 2.05) is 19.1 Å². The Hall–Kier alpha value is -1.51. The van der Waals surface area contributed by atoms with Gasteiger partial charge >= 0.3 is 5.97 Å². The molecule has 0 unspecified atom stereocenters. The predicted octanol–water partition coefficient (Wildman–Crippen LogP) is 2.78. The van der Waals surface area contributed by atoms with E-state index in [9.17, 15) is 4.79 Å². The summed E-state index contributed by atoms with van der Waals surface area (Å²) in [6.45, 7) is 2.81. The van der Waals surface area contributed by atoms with Gasteiger partial charge in [-0.05, 0) is 43.4 Å². The Bertz CT molecular complexity index is 397. The summed E-state index contributed by atoms with van der Waals surface area (Å²) in [7, 11) is 1.42. The van der Waals surface area contributed by atoms with Crippen LogP contribution in [0.4, 0.5) is 5.69 Å². The van der Waals surface area contributed by atoms with E-state index in [4.69, 9.17) is 4.74 Å². The fraction of sp³-hybridized carbons (Fsp3) is 0.462. The zero-order valence-electron chi connectivity index (χ0n) is 9.75. The molecule has 1 N–H and O–H groups in total. The smallest absolute Gasteiger partial charge is 0.339 e. The summed E-state index contributed by atoms with van der Waals surface area (Å²) in [6, 6.07) is 6.03. The fourth-order valence-electron chi connectivity index (χ4n) is 1.86. The minimum atomic E-state index is -0.265. The first kappa shape index (κ1) is 11.0. The van der Waals surface area contributed by atoms with Crippen LogP contribution in [0.1, 0.15) is 41.6 Å². The molecule has 0 radical (unpaired) electrons. The molecule has 3 nitrogen and oxygen atoms in total. The molecular weight excluding hydrogens is 202 g/mol. The minimum Gasteiger partial charge on any atom is -0.465 e. The lowest BCUT2D eigenvalue weighted by atomic mass is 10.1. The molecule has 1 fully saturated rings. The van der Waals surface area contributed by atoms with E-state index >= 15 is 0 Å². The van der Waals surface area contributed by atoms with Crippen LogP contribution in [0.2, 0.25) is 0 Å². The number of rotatable bonds is 4. The van der Waals surface area contributed by atoms with Gasteiger partial charge in [0.25, 0.3) is 0 Å². The zero-order chi connectivity index (χ0) is 11.5. The van der Waals surface area contributed by atoms with Crippen LogP contribution in [0.3, 0.4) is 0 Å². The van der Waals surface area contributed by atoms with Gasteiger partial charge in [-0.15, -0.1) is 0 Å². The van der Waals surface area contributed by atoms with E-state index in [0.29, 0.717) is 11.5 Å². The molecule has 0 aliphatic heterocycles. The Labute approximate surface area is 95.8 Å². The largest absolute Gasteiger partial charge is 0.465 e. The molecule has 0 saturated heterocycles. The molecule has 0 spiro atoms. The average molecular weight is 219 g/mol. The predicted molar refractivity (Wildman–Crippen MR) is 63.9 cm³/mol. The van der Waals surface area contributed by atoms with Crippen molar-refractivity contribution in [1.29, 1.82) is 0 Å². The summed E-state index contributed by atoms with van der Waals surface area (Å²) in [5.74, 6) is 0.387. The van der Waals surface area contributed by atoms with Crippen LogP contribution in [0.15, 0.2) is 18.2 Å². The second-order valence-corrected chi connectivity index (χ2v) is 4.10. The maximum absolute atomic E-state index is 11.6. The van der Waals surface area contributed by atoms with E-state index in [1.54, 1.807) is 0 Å². The summed E-state index contributed by atoms with van der Waals surface area (Å²) in [6.07, 6.45) is 2.47. The third-order valence-corrected chi connectivity index (χ3v) is 2.86. The monoisotopic (exact) mass is 219 g/mol. The van der Waals surface area contributed by atoms with Gasteiger partial charge in [0.2, 0.25) is 0 Å². The minimum absolute atomic E-state index is 0.265. The number of ether oxygens (including phenoxy) is 1. The van der Waals surface area contributed by atoms with Gasteiger partial charge in [0.15, 0.2) is 0 Å².